The van der Waals surface area contributed by atoms with Crippen LogP contribution in [0.25, 0.3) is 10.2 Å². The third kappa shape index (κ3) is 3.07. The Hall–Kier alpha value is -1.67. The van der Waals surface area contributed by atoms with Crippen molar-refractivity contribution in [3.8, 4) is 0 Å². The zero-order valence-electron chi connectivity index (χ0n) is 11.6. The van der Waals surface area contributed by atoms with Crippen LogP contribution in [-0.2, 0) is 4.79 Å². The molecule has 2 amide bonds. The van der Waals surface area contributed by atoms with Crippen LogP contribution in [0.3, 0.4) is 0 Å². The van der Waals surface area contributed by atoms with Gasteiger partial charge in [0, 0.05) is 17.6 Å². The number of piperidine rings is 1. The van der Waals surface area contributed by atoms with Gasteiger partial charge in [0.25, 0.3) is 0 Å². The monoisotopic (exact) mass is 383 g/mol. The molecule has 0 aliphatic carbocycles. The number of hydrogen-bond acceptors (Lipinski definition) is 4. The number of carboxylic acid groups (broad SMARTS) is 1. The first-order chi connectivity index (χ1) is 10.5. The van der Waals surface area contributed by atoms with E-state index in [1.165, 1.54) is 11.3 Å². The number of para-hydroxylation sites is 1. The summed E-state index contributed by atoms with van der Waals surface area (Å²) in [5, 5.41) is 12.3. The summed E-state index contributed by atoms with van der Waals surface area (Å²) in [6, 6.07) is 5.56. The molecule has 0 unspecified atom stereocenters. The number of likely N-dealkylation sites (tertiary alicyclic amines) is 1. The summed E-state index contributed by atoms with van der Waals surface area (Å²) < 4.78 is 1.89. The number of thiazole rings is 1. The molecule has 1 fully saturated rings. The van der Waals surface area contributed by atoms with Gasteiger partial charge in [-0.05, 0) is 40.9 Å². The van der Waals surface area contributed by atoms with Crippen molar-refractivity contribution < 1.29 is 14.7 Å². The quantitative estimate of drug-likeness (QED) is 0.832. The number of nitrogens with zero attached hydrogens (tertiary/aromatic N) is 2. The van der Waals surface area contributed by atoms with Gasteiger partial charge in [0.2, 0.25) is 0 Å². The van der Waals surface area contributed by atoms with Crippen LogP contribution in [-0.4, -0.2) is 40.1 Å². The highest BCUT2D eigenvalue weighted by molar-refractivity contribution is 9.10. The number of halogens is 1. The Kier molecular flexibility index (Phi) is 4.30. The molecule has 0 atom stereocenters. The average Bonchev–Trinajstić information content (AvgIpc) is 2.91. The molecule has 2 heterocycles. The molecule has 1 aliphatic rings. The number of amides is 2. The highest BCUT2D eigenvalue weighted by atomic mass is 79.9. The molecule has 0 radical (unpaired) electrons. The fourth-order valence-corrected chi connectivity index (χ4v) is 3.94. The van der Waals surface area contributed by atoms with E-state index in [2.05, 4.69) is 26.2 Å². The second-order valence-corrected chi connectivity index (χ2v) is 7.02. The minimum absolute atomic E-state index is 0.223. The number of anilines is 1. The first-order valence-corrected chi connectivity index (χ1v) is 8.49. The molecule has 116 valence electrons. The molecule has 22 heavy (non-hydrogen) atoms. The first-order valence-electron chi connectivity index (χ1n) is 6.88. The van der Waals surface area contributed by atoms with Gasteiger partial charge in [0.15, 0.2) is 5.13 Å². The smallest absolute Gasteiger partial charge is 0.323 e. The Balaban J connectivity index is 1.66. The standard InChI is InChI=1S/C14H14BrN3O3S/c15-9-2-1-3-10-11(9)16-13(22-10)17-14(21)18-6-4-8(5-7-18)12(19)20/h1-3,8H,4-7H2,(H,19,20)(H,16,17,21). The van der Waals surface area contributed by atoms with Gasteiger partial charge in [-0.1, -0.05) is 17.4 Å². The van der Waals surface area contributed by atoms with Gasteiger partial charge in [-0.3, -0.25) is 10.1 Å². The minimum atomic E-state index is -0.781. The number of rotatable bonds is 2. The lowest BCUT2D eigenvalue weighted by molar-refractivity contribution is -0.143. The Morgan fingerprint density at radius 3 is 2.73 bits per heavy atom. The molecule has 2 aromatic rings. The summed E-state index contributed by atoms with van der Waals surface area (Å²) in [6.07, 6.45) is 0.988. The second-order valence-electron chi connectivity index (χ2n) is 5.14. The Bertz CT molecular complexity index is 725. The summed E-state index contributed by atoms with van der Waals surface area (Å²) in [5.41, 5.74) is 0.826. The molecule has 1 aromatic heterocycles. The van der Waals surface area contributed by atoms with Gasteiger partial charge in [0.1, 0.15) is 0 Å². The number of aromatic nitrogens is 1. The highest BCUT2D eigenvalue weighted by Gasteiger charge is 2.27. The molecule has 6 nitrogen and oxygen atoms in total. The van der Waals surface area contributed by atoms with Crippen LogP contribution in [0.15, 0.2) is 22.7 Å². The van der Waals surface area contributed by atoms with Crippen LogP contribution in [0.1, 0.15) is 12.8 Å². The fraction of sp³-hybridized carbons (Fsp3) is 0.357. The molecular weight excluding hydrogens is 370 g/mol. The lowest BCUT2D eigenvalue weighted by Crippen LogP contribution is -2.42. The van der Waals surface area contributed by atoms with Crippen molar-refractivity contribution in [1.29, 1.82) is 0 Å². The fourth-order valence-electron chi connectivity index (χ4n) is 2.47. The molecule has 1 aliphatic heterocycles. The molecule has 1 aromatic carbocycles. The van der Waals surface area contributed by atoms with E-state index in [1.807, 2.05) is 18.2 Å². The third-order valence-corrected chi connectivity index (χ3v) is 5.29. The number of carbonyl (C=O) groups excluding carboxylic acids is 1. The number of nitrogens with one attached hydrogen (secondary N) is 1. The van der Waals surface area contributed by atoms with Crippen molar-refractivity contribution >= 4 is 54.6 Å². The van der Waals surface area contributed by atoms with Gasteiger partial charge < -0.3 is 10.0 Å². The van der Waals surface area contributed by atoms with Crippen LogP contribution < -0.4 is 5.32 Å². The summed E-state index contributed by atoms with van der Waals surface area (Å²) in [7, 11) is 0. The number of benzene rings is 1. The number of carboxylic acids is 1. The van der Waals surface area contributed by atoms with Gasteiger partial charge in [-0.25, -0.2) is 9.78 Å². The molecule has 1 saturated heterocycles. The van der Waals surface area contributed by atoms with E-state index >= 15 is 0 Å². The van der Waals surface area contributed by atoms with Crippen LogP contribution in [0.5, 0.6) is 0 Å². The predicted octanol–water partition coefficient (Wildman–Crippen LogP) is 3.39. The van der Waals surface area contributed by atoms with Crippen molar-refractivity contribution in [3.05, 3.63) is 22.7 Å². The van der Waals surface area contributed by atoms with Crippen molar-refractivity contribution in [2.24, 2.45) is 5.92 Å². The van der Waals surface area contributed by atoms with Crippen molar-refractivity contribution in [2.75, 3.05) is 18.4 Å². The average molecular weight is 384 g/mol. The number of urea groups is 1. The van der Waals surface area contributed by atoms with Crippen LogP contribution in [0, 0.1) is 5.92 Å². The Morgan fingerprint density at radius 2 is 2.09 bits per heavy atom. The first kappa shape index (κ1) is 15.2. The highest BCUT2D eigenvalue weighted by Crippen LogP contribution is 2.31. The van der Waals surface area contributed by atoms with Crippen LogP contribution in [0.4, 0.5) is 9.93 Å². The van der Waals surface area contributed by atoms with Gasteiger partial charge in [0.05, 0.1) is 16.1 Å². The summed E-state index contributed by atoms with van der Waals surface area (Å²) in [4.78, 5) is 29.2. The third-order valence-electron chi connectivity index (χ3n) is 3.72. The second kappa shape index (κ2) is 6.21. The maximum Gasteiger partial charge on any atom is 0.323 e. The van der Waals surface area contributed by atoms with Gasteiger partial charge in [-0.2, -0.15) is 0 Å². The summed E-state index contributed by atoms with van der Waals surface area (Å²) in [6.45, 7) is 0.911. The van der Waals surface area contributed by atoms with E-state index < -0.39 is 5.97 Å². The molecular formula is C14H14BrN3O3S. The van der Waals surface area contributed by atoms with Gasteiger partial charge >= 0.3 is 12.0 Å². The zero-order valence-corrected chi connectivity index (χ0v) is 14.0. The molecule has 0 bridgehead atoms. The lowest BCUT2D eigenvalue weighted by Gasteiger charge is -2.29. The number of carbonyl (C=O) groups is 2. The van der Waals surface area contributed by atoms with E-state index in [0.29, 0.717) is 31.1 Å². The van der Waals surface area contributed by atoms with E-state index in [-0.39, 0.29) is 11.9 Å². The van der Waals surface area contributed by atoms with Gasteiger partial charge in [-0.15, -0.1) is 0 Å². The summed E-state index contributed by atoms with van der Waals surface area (Å²) in [5.74, 6) is -1.13. The topological polar surface area (TPSA) is 82.5 Å². The van der Waals surface area contributed by atoms with E-state index in [0.717, 1.165) is 14.7 Å². The van der Waals surface area contributed by atoms with Crippen LogP contribution in [0.2, 0.25) is 0 Å². The largest absolute Gasteiger partial charge is 0.481 e. The maximum absolute atomic E-state index is 12.2. The van der Waals surface area contributed by atoms with Crippen LogP contribution >= 0.6 is 27.3 Å². The van der Waals surface area contributed by atoms with E-state index in [4.69, 9.17) is 5.11 Å². The minimum Gasteiger partial charge on any atom is -0.481 e. The zero-order chi connectivity index (χ0) is 15.7. The Labute approximate surface area is 139 Å². The molecule has 0 saturated carbocycles. The number of fused-ring (bicyclic) bond motifs is 1. The maximum atomic E-state index is 12.2. The number of aliphatic carboxylic acids is 1. The van der Waals surface area contributed by atoms with E-state index in [9.17, 15) is 9.59 Å². The lowest BCUT2D eigenvalue weighted by atomic mass is 9.97. The molecule has 0 spiro atoms. The SMILES string of the molecule is O=C(O)C1CCN(C(=O)Nc2nc3c(Br)cccc3s2)CC1. The Morgan fingerprint density at radius 1 is 1.36 bits per heavy atom. The molecule has 3 rings (SSSR count). The van der Waals surface area contributed by atoms with Crippen molar-refractivity contribution in [3.63, 3.8) is 0 Å². The van der Waals surface area contributed by atoms with E-state index in [1.54, 1.807) is 4.90 Å². The molecule has 2 N–H and O–H groups in total. The van der Waals surface area contributed by atoms with Crippen molar-refractivity contribution in [1.82, 2.24) is 9.88 Å². The predicted molar refractivity (Wildman–Crippen MR) is 88.3 cm³/mol. The number of hydrogen-bond donors (Lipinski definition) is 2. The normalized spacial score (nSPS) is 16.0. The van der Waals surface area contributed by atoms with Crippen molar-refractivity contribution in [2.45, 2.75) is 12.8 Å². The molecule has 8 heteroatoms. The summed E-state index contributed by atoms with van der Waals surface area (Å²) >= 11 is 4.85.